The van der Waals surface area contributed by atoms with Crippen LogP contribution < -0.4 is 16.0 Å². The van der Waals surface area contributed by atoms with Crippen LogP contribution in [0.5, 0.6) is 0 Å². The third-order valence-corrected chi connectivity index (χ3v) is 10.9. The van der Waals surface area contributed by atoms with E-state index in [1.165, 1.54) is 34.4 Å². The molecule has 0 aliphatic carbocycles. The van der Waals surface area contributed by atoms with Crippen LogP contribution in [0.3, 0.4) is 0 Å². The van der Waals surface area contributed by atoms with E-state index in [0.717, 1.165) is 11.1 Å². The average Bonchev–Trinajstić information content (AvgIpc) is 3.74. The number of imidazole rings is 1. The maximum Gasteiger partial charge on any atom is 0.289 e. The second-order valence-corrected chi connectivity index (χ2v) is 14.6. The number of anilines is 1. The van der Waals surface area contributed by atoms with Crippen LogP contribution >= 0.6 is 0 Å². The van der Waals surface area contributed by atoms with Crippen LogP contribution in [0.1, 0.15) is 47.2 Å². The zero-order valence-electron chi connectivity index (χ0n) is 29.2. The van der Waals surface area contributed by atoms with Crippen molar-refractivity contribution in [1.29, 1.82) is 0 Å². The van der Waals surface area contributed by atoms with Gasteiger partial charge in [-0.05, 0) is 36.6 Å². The van der Waals surface area contributed by atoms with Gasteiger partial charge in [0.05, 0.1) is 11.2 Å². The number of aliphatic hydroxyl groups excluding tert-OH is 2. The quantitative estimate of drug-likeness (QED) is 0.0986. The maximum atomic E-state index is 13.6. The molecule has 53 heavy (non-hydrogen) atoms. The minimum absolute atomic E-state index is 0.112. The topological polar surface area (TPSA) is 201 Å². The lowest BCUT2D eigenvalue weighted by Crippen LogP contribution is -2.42. The van der Waals surface area contributed by atoms with Crippen molar-refractivity contribution in [3.8, 4) is 0 Å². The third-order valence-electron chi connectivity index (χ3n) is 9.01. The van der Waals surface area contributed by atoms with Crippen LogP contribution in [0.25, 0.3) is 11.2 Å². The molecule has 15 nitrogen and oxygen atoms in total. The van der Waals surface area contributed by atoms with E-state index >= 15 is 0 Å². The second-order valence-electron chi connectivity index (χ2n) is 12.5. The number of fused-ring (bicyclic) bond motifs is 1. The summed E-state index contributed by atoms with van der Waals surface area (Å²) in [5, 5.41) is 30.4. The largest absolute Gasteiger partial charge is 0.387 e. The number of rotatable bonds is 15. The Morgan fingerprint density at radius 3 is 2.15 bits per heavy atom. The molecule has 5 N–H and O–H groups in total. The van der Waals surface area contributed by atoms with Gasteiger partial charge in [-0.1, -0.05) is 78.9 Å². The molecule has 2 aromatic heterocycles. The number of amides is 2. The zero-order chi connectivity index (χ0) is 37.5. The molecule has 4 unspecified atom stereocenters. The molecule has 0 saturated carbocycles. The number of carbonyl (C=O) groups is 2. The predicted molar refractivity (Wildman–Crippen MR) is 196 cm³/mol. The molecule has 4 atom stereocenters. The van der Waals surface area contributed by atoms with Crippen LogP contribution in [0.4, 0.5) is 5.82 Å². The Morgan fingerprint density at radius 2 is 1.53 bits per heavy atom. The van der Waals surface area contributed by atoms with Gasteiger partial charge in [0, 0.05) is 39.1 Å². The van der Waals surface area contributed by atoms with Crippen molar-refractivity contribution in [2.24, 2.45) is 0 Å². The van der Waals surface area contributed by atoms with Crippen LogP contribution in [0.15, 0.2) is 102 Å². The highest BCUT2D eigenvalue weighted by atomic mass is 32.2. The lowest BCUT2D eigenvalue weighted by molar-refractivity contribution is -0.137. The molecule has 1 fully saturated rings. The first kappa shape index (κ1) is 37.5. The first-order chi connectivity index (χ1) is 25.6. The normalized spacial score (nSPS) is 18.8. The maximum absolute atomic E-state index is 13.6. The van der Waals surface area contributed by atoms with Gasteiger partial charge in [-0.3, -0.25) is 14.2 Å². The van der Waals surface area contributed by atoms with E-state index in [9.17, 15) is 28.2 Å². The molecule has 3 heterocycles. The number of nitrogens with zero attached hydrogens (tertiary/aromatic N) is 5. The minimum Gasteiger partial charge on any atom is -0.387 e. The van der Waals surface area contributed by atoms with Gasteiger partial charge in [0.1, 0.15) is 12.2 Å². The number of aromatic nitrogens is 4. The monoisotopic (exact) mass is 742 g/mol. The van der Waals surface area contributed by atoms with E-state index in [1.54, 1.807) is 25.1 Å². The molecule has 2 amide bonds. The number of nitrogens with one attached hydrogen (secondary N) is 3. The Balaban J connectivity index is 1.27. The van der Waals surface area contributed by atoms with E-state index in [-0.39, 0.29) is 46.7 Å². The Hall–Kier alpha value is -5.26. The molecule has 278 valence electrons. The molecular formula is C37H42N8O7S. The fraction of sp³-hybridized carbons (Fsp3) is 0.324. The fourth-order valence-corrected chi connectivity index (χ4v) is 7.41. The average molecular weight is 743 g/mol. The number of aliphatic hydroxyl groups is 2. The first-order valence-corrected chi connectivity index (χ1v) is 18.7. The van der Waals surface area contributed by atoms with E-state index in [2.05, 4.69) is 30.9 Å². The van der Waals surface area contributed by atoms with Crippen LogP contribution in [-0.2, 0) is 19.6 Å². The molecule has 1 aliphatic heterocycles. The summed E-state index contributed by atoms with van der Waals surface area (Å²) in [6.45, 7) is 2.64. The van der Waals surface area contributed by atoms with Crippen molar-refractivity contribution in [3.63, 3.8) is 0 Å². The molecule has 1 saturated heterocycles. The van der Waals surface area contributed by atoms with Crippen molar-refractivity contribution < 1.29 is 33.0 Å². The van der Waals surface area contributed by atoms with Crippen LogP contribution in [0, 0.1) is 0 Å². The van der Waals surface area contributed by atoms with Gasteiger partial charge in [-0.2, -0.15) is 0 Å². The van der Waals surface area contributed by atoms with Gasteiger partial charge >= 0.3 is 0 Å². The van der Waals surface area contributed by atoms with Gasteiger partial charge in [0.15, 0.2) is 29.3 Å². The van der Waals surface area contributed by atoms with Crippen molar-refractivity contribution in [3.05, 3.63) is 114 Å². The van der Waals surface area contributed by atoms with Gasteiger partial charge in [0.25, 0.3) is 11.8 Å². The Bertz CT molecular complexity index is 2080. The summed E-state index contributed by atoms with van der Waals surface area (Å²) in [4.78, 5) is 39.9. The predicted octanol–water partition coefficient (Wildman–Crippen LogP) is 2.27. The van der Waals surface area contributed by atoms with E-state index in [4.69, 9.17) is 4.74 Å². The number of sulfonamides is 1. The summed E-state index contributed by atoms with van der Waals surface area (Å²) in [5.74, 6) is -1.32. The molecule has 5 aromatic rings. The van der Waals surface area contributed by atoms with Gasteiger partial charge in [-0.25, -0.2) is 27.7 Å². The Labute approximate surface area is 307 Å². The third kappa shape index (κ3) is 8.21. The van der Waals surface area contributed by atoms with Gasteiger partial charge in [0.2, 0.25) is 15.8 Å². The lowest BCUT2D eigenvalue weighted by atomic mass is 9.91. The van der Waals surface area contributed by atoms with Crippen molar-refractivity contribution >= 4 is 38.8 Å². The lowest BCUT2D eigenvalue weighted by Gasteiger charge is -2.20. The summed E-state index contributed by atoms with van der Waals surface area (Å²) < 4.78 is 34.3. The second kappa shape index (κ2) is 16.6. The number of likely N-dealkylation sites (N-methyl/N-ethyl adjacent to an activating group) is 1. The highest BCUT2D eigenvalue weighted by Crippen LogP contribution is 2.33. The Kier molecular flexibility index (Phi) is 11.7. The summed E-state index contributed by atoms with van der Waals surface area (Å²) in [6.07, 6.45) is -4.01. The summed E-state index contributed by atoms with van der Waals surface area (Å²) in [6, 6.07) is 27.9. The molecule has 1 aliphatic rings. The number of benzene rings is 3. The first-order valence-electron chi connectivity index (χ1n) is 17.3. The van der Waals surface area contributed by atoms with Gasteiger partial charge < -0.3 is 30.9 Å². The fourth-order valence-electron chi connectivity index (χ4n) is 6.18. The molecule has 3 aromatic carbocycles. The van der Waals surface area contributed by atoms with Gasteiger partial charge in [-0.15, -0.1) is 0 Å². The Morgan fingerprint density at radius 1 is 0.906 bits per heavy atom. The van der Waals surface area contributed by atoms with E-state index in [1.807, 2.05) is 60.7 Å². The molecule has 0 radical (unpaired) electrons. The zero-order valence-corrected chi connectivity index (χ0v) is 30.1. The molecule has 0 bridgehead atoms. The number of hydrogen-bond acceptors (Lipinski definition) is 11. The number of ether oxygens (including phenoxy) is 1. The number of carbonyl (C=O) groups excluding carboxylic acids is 2. The van der Waals surface area contributed by atoms with Crippen LogP contribution in [0.2, 0.25) is 0 Å². The molecule has 6 rings (SSSR count). The minimum atomic E-state index is -3.70. The summed E-state index contributed by atoms with van der Waals surface area (Å²) in [7, 11) is -2.22. The van der Waals surface area contributed by atoms with Crippen LogP contribution in [-0.4, -0.2) is 106 Å². The molecule has 0 spiro atoms. The highest BCUT2D eigenvalue weighted by molar-refractivity contribution is 7.89. The summed E-state index contributed by atoms with van der Waals surface area (Å²) in [5.41, 5.74) is 2.48. The van der Waals surface area contributed by atoms with E-state index in [0.29, 0.717) is 19.5 Å². The van der Waals surface area contributed by atoms with Crippen molar-refractivity contribution in [1.82, 2.24) is 34.5 Å². The molecular weight excluding hydrogens is 701 g/mol. The highest BCUT2D eigenvalue weighted by Gasteiger charge is 2.47. The summed E-state index contributed by atoms with van der Waals surface area (Å²) >= 11 is 0. The van der Waals surface area contributed by atoms with Crippen molar-refractivity contribution in [2.75, 3.05) is 38.5 Å². The standard InChI is InChI=1S/C37H42N8O7S/c1-3-38-35(48)31-29(46)30(47)37(52-31)45-23-41-28-32(40-22-27(24-14-7-4-8-15-24)25-16-9-5-10-17-25)42-33(43-34(28)45)36(49)39-20-13-21-44(2)53(50,51)26-18-11-6-12-19-26/h4-12,14-19,23,27,29-31,37,46-47H,3,13,20-22H2,1-2H3,(H,38,48)(H,39,49)(H,40,42,43). The van der Waals surface area contributed by atoms with E-state index < -0.39 is 46.4 Å². The smallest absolute Gasteiger partial charge is 0.289 e. The molecule has 16 heteroatoms. The van der Waals surface area contributed by atoms with Crippen molar-refractivity contribution in [2.45, 2.75) is 48.7 Å². The SMILES string of the molecule is CCNC(=O)C1OC(n2cnc3c(NCC(c4ccccc4)c4ccccc4)nc(C(=O)NCCCN(C)S(=O)(=O)c4ccccc4)nc32)C(O)C1O. The number of hydrogen-bond donors (Lipinski definition) is 5.